The van der Waals surface area contributed by atoms with E-state index >= 15 is 0 Å². The van der Waals surface area contributed by atoms with Crippen molar-refractivity contribution in [2.24, 2.45) is 5.14 Å². The van der Waals surface area contributed by atoms with E-state index < -0.39 is 10.0 Å². The van der Waals surface area contributed by atoms with Gasteiger partial charge in [-0.3, -0.25) is 9.59 Å². The first-order chi connectivity index (χ1) is 14.5. The maximum Gasteiger partial charge on any atom is 0.238 e. The quantitative estimate of drug-likeness (QED) is 0.369. The Morgan fingerprint density at radius 1 is 1.26 bits per heavy atom. The molecule has 0 saturated heterocycles. The zero-order chi connectivity index (χ0) is 22.9. The van der Waals surface area contributed by atoms with Crippen LogP contribution in [0.5, 0.6) is 0 Å². The Morgan fingerprint density at radius 2 is 1.97 bits per heavy atom. The smallest absolute Gasteiger partial charge is 0.238 e. The van der Waals surface area contributed by atoms with Gasteiger partial charge in [0.1, 0.15) is 0 Å². The highest BCUT2D eigenvalue weighted by atomic mass is 32.2. The maximum absolute atomic E-state index is 12.9. The second-order valence-corrected chi connectivity index (χ2v) is 9.99. The molecule has 0 amide bonds. The van der Waals surface area contributed by atoms with Gasteiger partial charge in [-0.15, -0.1) is 0 Å². The van der Waals surface area contributed by atoms with Crippen molar-refractivity contribution in [1.29, 1.82) is 0 Å². The number of hydrogen-bond donors (Lipinski definition) is 2. The van der Waals surface area contributed by atoms with Crippen LogP contribution < -0.4 is 5.14 Å². The molecule has 0 radical (unpaired) electrons. The lowest BCUT2D eigenvalue weighted by Crippen LogP contribution is -2.11. The minimum absolute atomic E-state index is 0.00187. The van der Waals surface area contributed by atoms with Crippen molar-refractivity contribution in [3.8, 4) is 0 Å². The molecule has 0 aliphatic rings. The number of fused-ring (bicyclic) bond motifs is 1. The molecule has 0 fully saturated rings. The third-order valence-corrected chi connectivity index (χ3v) is 7.04. The lowest BCUT2D eigenvalue weighted by Gasteiger charge is -2.08. The number of nitrogens with two attached hydrogens (primary N) is 1. The highest BCUT2D eigenvalue weighted by Gasteiger charge is 2.21. The van der Waals surface area contributed by atoms with E-state index in [2.05, 4.69) is 16.9 Å². The third-order valence-electron chi connectivity index (χ3n) is 5.15. The Kier molecular flexibility index (Phi) is 6.73. The number of aromatic nitrogens is 3. The Morgan fingerprint density at radius 3 is 2.55 bits per heavy atom. The topological polar surface area (TPSA) is 128 Å². The van der Waals surface area contributed by atoms with Gasteiger partial charge in [0.05, 0.1) is 27.4 Å². The van der Waals surface area contributed by atoms with Gasteiger partial charge < -0.3 is 9.55 Å². The molecule has 0 unspecified atom stereocenters. The summed E-state index contributed by atoms with van der Waals surface area (Å²) in [6.07, 6.45) is 1.90. The van der Waals surface area contributed by atoms with Crippen LogP contribution in [0.25, 0.3) is 11.0 Å². The molecule has 3 rings (SSSR count). The summed E-state index contributed by atoms with van der Waals surface area (Å²) in [6, 6.07) is 4.62. The molecule has 0 aliphatic heterocycles. The lowest BCUT2D eigenvalue weighted by atomic mass is 10.1. The molecular formula is C21H26N4O4S2. The number of carbonyl (C=O) groups is 2. The van der Waals surface area contributed by atoms with Gasteiger partial charge in [0.15, 0.2) is 16.7 Å². The van der Waals surface area contributed by atoms with Crippen LogP contribution in [0.15, 0.2) is 28.3 Å². The summed E-state index contributed by atoms with van der Waals surface area (Å²) < 4.78 is 25.4. The predicted octanol–water partition coefficient (Wildman–Crippen LogP) is 3.61. The zero-order valence-electron chi connectivity index (χ0n) is 18.0. The van der Waals surface area contributed by atoms with Crippen molar-refractivity contribution in [3.05, 3.63) is 40.7 Å². The number of Topliss-reactive ketones (excluding diaryl/α,β-unsaturated/α-hetero) is 2. The monoisotopic (exact) mass is 462 g/mol. The van der Waals surface area contributed by atoms with Crippen LogP contribution in [0.1, 0.15) is 58.8 Å². The molecule has 0 aliphatic carbocycles. The van der Waals surface area contributed by atoms with E-state index in [0.29, 0.717) is 39.7 Å². The van der Waals surface area contributed by atoms with E-state index in [0.717, 1.165) is 18.4 Å². The highest BCUT2D eigenvalue weighted by molar-refractivity contribution is 7.99. The van der Waals surface area contributed by atoms with Gasteiger partial charge in [-0.1, -0.05) is 25.1 Å². The van der Waals surface area contributed by atoms with Crippen molar-refractivity contribution in [3.63, 3.8) is 0 Å². The van der Waals surface area contributed by atoms with E-state index in [-0.39, 0.29) is 22.2 Å². The molecule has 31 heavy (non-hydrogen) atoms. The number of sulfonamides is 1. The van der Waals surface area contributed by atoms with Gasteiger partial charge in [0.2, 0.25) is 10.0 Å². The largest absolute Gasteiger partial charge is 0.355 e. The van der Waals surface area contributed by atoms with Crippen LogP contribution in [-0.2, 0) is 16.6 Å². The fourth-order valence-corrected chi connectivity index (χ4v) is 5.11. The second kappa shape index (κ2) is 8.97. The fourth-order valence-electron chi connectivity index (χ4n) is 3.67. The Labute approximate surface area is 185 Å². The molecular weight excluding hydrogens is 436 g/mol. The molecule has 3 aromatic rings. The van der Waals surface area contributed by atoms with Crippen molar-refractivity contribution in [1.82, 2.24) is 14.5 Å². The molecule has 2 aromatic heterocycles. The number of benzene rings is 1. The summed E-state index contributed by atoms with van der Waals surface area (Å²) in [5.41, 5.74) is 3.64. The first-order valence-electron chi connectivity index (χ1n) is 9.93. The number of rotatable bonds is 9. The number of nitrogens with zero attached hydrogens (tertiary/aromatic N) is 2. The van der Waals surface area contributed by atoms with Crippen LogP contribution >= 0.6 is 11.8 Å². The SMILES string of the molecule is CCCCn1c(SCC(=O)c2[nH]c(C)c(C(C)=O)c2C)nc2cc(S(N)(=O)=O)ccc21. The van der Waals surface area contributed by atoms with E-state index in [1.54, 1.807) is 19.9 Å². The molecule has 0 spiro atoms. The average Bonchev–Trinajstić information content (AvgIpc) is 3.19. The first kappa shape index (κ1) is 23.2. The van der Waals surface area contributed by atoms with Gasteiger partial charge in [-0.25, -0.2) is 18.5 Å². The minimum Gasteiger partial charge on any atom is -0.355 e. The molecule has 0 atom stereocenters. The number of imidazole rings is 1. The van der Waals surface area contributed by atoms with Gasteiger partial charge in [0, 0.05) is 17.8 Å². The Balaban J connectivity index is 1.92. The number of primary sulfonamides is 1. The van der Waals surface area contributed by atoms with Gasteiger partial charge >= 0.3 is 0 Å². The summed E-state index contributed by atoms with van der Waals surface area (Å²) in [5, 5.41) is 5.88. The van der Waals surface area contributed by atoms with Crippen LogP contribution in [0.3, 0.4) is 0 Å². The highest BCUT2D eigenvalue weighted by Crippen LogP contribution is 2.28. The van der Waals surface area contributed by atoms with Gasteiger partial charge in [-0.2, -0.15) is 0 Å². The number of unbranched alkanes of at least 4 members (excludes halogenated alkanes) is 1. The fraction of sp³-hybridized carbons (Fsp3) is 0.381. The third kappa shape index (κ3) is 4.76. The lowest BCUT2D eigenvalue weighted by molar-refractivity contribution is 0.101. The van der Waals surface area contributed by atoms with Crippen molar-refractivity contribution in [2.75, 3.05) is 5.75 Å². The molecule has 1 aromatic carbocycles. The molecule has 10 heteroatoms. The van der Waals surface area contributed by atoms with Crippen LogP contribution in [-0.4, -0.2) is 40.3 Å². The summed E-state index contributed by atoms with van der Waals surface area (Å²) in [6.45, 7) is 7.81. The number of hydrogen-bond acceptors (Lipinski definition) is 6. The standard InChI is InChI=1S/C21H26N4O4S2/c1-5-6-9-25-17-8-7-15(31(22,28)29)10-16(17)24-21(25)30-11-18(27)20-12(2)19(14(4)26)13(3)23-20/h7-8,10,23H,5-6,9,11H2,1-4H3,(H2,22,28,29). The van der Waals surface area contributed by atoms with Crippen LogP contribution in [0.4, 0.5) is 0 Å². The normalized spacial score (nSPS) is 11.9. The zero-order valence-corrected chi connectivity index (χ0v) is 19.6. The molecule has 8 nitrogen and oxygen atoms in total. The van der Waals surface area contributed by atoms with Gasteiger partial charge in [0.25, 0.3) is 0 Å². The number of nitrogens with one attached hydrogen (secondary N) is 1. The molecule has 3 N–H and O–H groups in total. The van der Waals surface area contributed by atoms with Crippen molar-refractivity contribution < 1.29 is 18.0 Å². The summed E-state index contributed by atoms with van der Waals surface area (Å²) in [4.78, 5) is 32.3. The number of ketones is 2. The molecule has 0 bridgehead atoms. The number of aryl methyl sites for hydroxylation is 2. The van der Waals surface area contributed by atoms with Crippen molar-refractivity contribution in [2.45, 2.75) is 57.1 Å². The predicted molar refractivity (Wildman–Crippen MR) is 121 cm³/mol. The summed E-state index contributed by atoms with van der Waals surface area (Å²) in [7, 11) is -3.83. The summed E-state index contributed by atoms with van der Waals surface area (Å²) >= 11 is 1.29. The first-order valence-corrected chi connectivity index (χ1v) is 12.5. The number of thioether (sulfide) groups is 1. The number of H-pyrrole nitrogens is 1. The van der Waals surface area contributed by atoms with E-state index in [1.807, 2.05) is 4.57 Å². The Bertz CT molecular complexity index is 1270. The Hall–Kier alpha value is -2.43. The minimum atomic E-state index is -3.83. The second-order valence-electron chi connectivity index (χ2n) is 7.49. The van der Waals surface area contributed by atoms with Crippen LogP contribution in [0, 0.1) is 13.8 Å². The van der Waals surface area contributed by atoms with Crippen LogP contribution in [0.2, 0.25) is 0 Å². The molecule has 0 saturated carbocycles. The summed E-state index contributed by atoms with van der Waals surface area (Å²) in [5.74, 6) is -0.0716. The molecule has 166 valence electrons. The van der Waals surface area contributed by atoms with Gasteiger partial charge in [-0.05, 0) is 51.0 Å². The van der Waals surface area contributed by atoms with E-state index in [9.17, 15) is 18.0 Å². The average molecular weight is 463 g/mol. The maximum atomic E-state index is 12.9. The number of aromatic amines is 1. The molecule has 2 heterocycles. The van der Waals surface area contributed by atoms with E-state index in [4.69, 9.17) is 5.14 Å². The van der Waals surface area contributed by atoms with E-state index in [1.165, 1.54) is 30.8 Å². The number of carbonyl (C=O) groups excluding carboxylic acids is 2. The van der Waals surface area contributed by atoms with Crippen molar-refractivity contribution >= 4 is 44.4 Å².